The number of halogens is 1. The number of carbonyl (C=O) groups excluding carboxylic acids is 1. The molecule has 0 saturated carbocycles. The van der Waals surface area contributed by atoms with Crippen LogP contribution in [0.3, 0.4) is 0 Å². The van der Waals surface area contributed by atoms with Crippen LogP contribution in [0.2, 0.25) is 0 Å². The van der Waals surface area contributed by atoms with Crippen LogP contribution in [0.4, 0.5) is 9.18 Å². The van der Waals surface area contributed by atoms with Crippen molar-refractivity contribution in [2.45, 2.75) is 53.6 Å². The van der Waals surface area contributed by atoms with Gasteiger partial charge in [0.25, 0.3) is 0 Å². The topological polar surface area (TPSA) is 78.2 Å². The van der Waals surface area contributed by atoms with Crippen LogP contribution in [0, 0.1) is 12.3 Å². The number of amides is 1. The lowest BCUT2D eigenvalue weighted by Gasteiger charge is -2.27. The third-order valence-corrected chi connectivity index (χ3v) is 5.57. The molecular formula is C25H33FN4O3. The Morgan fingerprint density at radius 1 is 1.15 bits per heavy atom. The first-order valence-electron chi connectivity index (χ1n) is 11.0. The lowest BCUT2D eigenvalue weighted by atomic mass is 9.90. The number of hydrogen-bond donors (Lipinski definition) is 1. The zero-order valence-corrected chi connectivity index (χ0v) is 20.5. The molecule has 0 aliphatic carbocycles. The van der Waals surface area contributed by atoms with Gasteiger partial charge in [-0.3, -0.25) is 9.13 Å². The van der Waals surface area contributed by atoms with Gasteiger partial charge in [-0.1, -0.05) is 32.9 Å². The first kappa shape index (κ1) is 24.5. The van der Waals surface area contributed by atoms with E-state index in [0.717, 1.165) is 27.9 Å². The Bertz CT molecular complexity index is 1230. The number of hydrogen-bond acceptors (Lipinski definition) is 4. The van der Waals surface area contributed by atoms with Gasteiger partial charge in [0.15, 0.2) is 5.65 Å². The van der Waals surface area contributed by atoms with E-state index in [9.17, 15) is 14.0 Å². The summed E-state index contributed by atoms with van der Waals surface area (Å²) < 4.78 is 20.5. The number of alkyl halides is 1. The molecule has 0 unspecified atom stereocenters. The summed E-state index contributed by atoms with van der Waals surface area (Å²) in [6, 6.07) is 9.74. The van der Waals surface area contributed by atoms with Crippen molar-refractivity contribution in [2.24, 2.45) is 12.5 Å². The Labute approximate surface area is 193 Å². The van der Waals surface area contributed by atoms with Crippen molar-refractivity contribution in [3.05, 3.63) is 51.9 Å². The number of benzene rings is 1. The summed E-state index contributed by atoms with van der Waals surface area (Å²) in [6.07, 6.45) is -0.672. The maximum Gasteiger partial charge on any atom is 0.407 e. The predicted molar refractivity (Wildman–Crippen MR) is 128 cm³/mol. The van der Waals surface area contributed by atoms with Gasteiger partial charge in [-0.05, 0) is 55.5 Å². The van der Waals surface area contributed by atoms with Crippen molar-refractivity contribution in [3.8, 4) is 11.3 Å². The van der Waals surface area contributed by atoms with Crippen LogP contribution in [0.5, 0.6) is 0 Å². The summed E-state index contributed by atoms with van der Waals surface area (Å²) in [6.45, 7) is 11.6. The fraction of sp³-hybridized carbons (Fsp3) is 0.480. The quantitative estimate of drug-likeness (QED) is 0.584. The highest BCUT2D eigenvalue weighted by Gasteiger charge is 2.25. The van der Waals surface area contributed by atoms with Gasteiger partial charge in [0.2, 0.25) is 0 Å². The van der Waals surface area contributed by atoms with Crippen LogP contribution in [-0.4, -0.2) is 33.5 Å². The van der Waals surface area contributed by atoms with Gasteiger partial charge < -0.3 is 10.1 Å². The van der Waals surface area contributed by atoms with Crippen molar-refractivity contribution in [2.75, 3.05) is 13.3 Å². The molecule has 33 heavy (non-hydrogen) atoms. The number of nitrogens with zero attached hydrogens (tertiary/aromatic N) is 3. The van der Waals surface area contributed by atoms with E-state index in [1.165, 1.54) is 0 Å². The van der Waals surface area contributed by atoms with Gasteiger partial charge in [0.1, 0.15) is 13.3 Å². The van der Waals surface area contributed by atoms with E-state index < -0.39 is 18.3 Å². The van der Waals surface area contributed by atoms with E-state index in [4.69, 9.17) is 9.72 Å². The van der Waals surface area contributed by atoms with Gasteiger partial charge in [0.05, 0.1) is 16.7 Å². The largest absolute Gasteiger partial charge is 0.447 e. The smallest absolute Gasteiger partial charge is 0.407 e. The summed E-state index contributed by atoms with van der Waals surface area (Å²) >= 11 is 0. The molecule has 3 aromatic rings. The number of aryl methyl sites for hydroxylation is 2. The predicted octanol–water partition coefficient (Wildman–Crippen LogP) is 4.69. The Morgan fingerprint density at radius 2 is 1.85 bits per heavy atom. The molecule has 0 radical (unpaired) electrons. The van der Waals surface area contributed by atoms with E-state index in [-0.39, 0.29) is 17.7 Å². The van der Waals surface area contributed by atoms with Crippen molar-refractivity contribution >= 4 is 17.3 Å². The number of aromatic nitrogens is 3. The Balaban J connectivity index is 2.03. The normalized spacial score (nSPS) is 12.2. The van der Waals surface area contributed by atoms with Gasteiger partial charge in [-0.15, -0.1) is 0 Å². The minimum Gasteiger partial charge on any atom is -0.447 e. The number of carbonyl (C=O) groups is 1. The molecule has 0 aliphatic heterocycles. The second kappa shape index (κ2) is 9.00. The zero-order chi connectivity index (χ0) is 24.6. The number of fused-ring (bicyclic) bond motifs is 1. The number of ether oxygens (including phenoxy) is 1. The summed E-state index contributed by atoms with van der Waals surface area (Å²) in [5.41, 5.74) is 4.04. The van der Waals surface area contributed by atoms with Crippen LogP contribution < -0.4 is 11.0 Å². The van der Waals surface area contributed by atoms with Gasteiger partial charge in [0, 0.05) is 19.2 Å². The molecule has 0 saturated heterocycles. The Morgan fingerprint density at radius 3 is 2.48 bits per heavy atom. The molecule has 1 amide bonds. The van der Waals surface area contributed by atoms with Crippen molar-refractivity contribution < 1.29 is 13.9 Å². The van der Waals surface area contributed by atoms with Gasteiger partial charge >= 0.3 is 11.8 Å². The minimum atomic E-state index is -0.747. The maximum atomic E-state index is 12.9. The Hall–Kier alpha value is -3.16. The first-order valence-corrected chi connectivity index (χ1v) is 11.0. The molecule has 0 fully saturated rings. The number of alkyl carbamates (subject to hydrolysis) is 1. The second-order valence-electron chi connectivity index (χ2n) is 10.1. The molecule has 7 nitrogen and oxygen atoms in total. The SMILES string of the molecule is Cc1ccc(C(C)(C)NC(=O)OCCF)cc1-c1ccc2c(n1)n(C)c(=O)n2CC(C)(C)C. The van der Waals surface area contributed by atoms with Crippen molar-refractivity contribution in [1.82, 2.24) is 19.4 Å². The number of rotatable bonds is 6. The molecule has 1 aromatic carbocycles. The summed E-state index contributed by atoms with van der Waals surface area (Å²) in [5.74, 6) is 0. The molecule has 0 bridgehead atoms. The van der Waals surface area contributed by atoms with Crippen LogP contribution in [-0.2, 0) is 23.9 Å². The highest BCUT2D eigenvalue weighted by atomic mass is 19.1. The number of pyridine rings is 1. The second-order valence-corrected chi connectivity index (χ2v) is 10.1. The molecule has 0 spiro atoms. The van der Waals surface area contributed by atoms with Gasteiger partial charge in [-0.2, -0.15) is 0 Å². The molecule has 2 aromatic heterocycles. The van der Waals surface area contributed by atoms with Gasteiger partial charge in [-0.25, -0.2) is 19.0 Å². The molecule has 1 N–H and O–H groups in total. The summed E-state index contributed by atoms with van der Waals surface area (Å²) in [7, 11) is 1.74. The van der Waals surface area contributed by atoms with E-state index in [1.54, 1.807) is 16.2 Å². The van der Waals surface area contributed by atoms with E-state index in [1.807, 2.05) is 51.1 Å². The van der Waals surface area contributed by atoms with Crippen LogP contribution in [0.25, 0.3) is 22.4 Å². The molecule has 0 aliphatic rings. The fourth-order valence-electron chi connectivity index (χ4n) is 3.83. The van der Waals surface area contributed by atoms with E-state index in [2.05, 4.69) is 26.1 Å². The van der Waals surface area contributed by atoms with E-state index >= 15 is 0 Å². The standard InChI is InChI=1S/C25H33FN4O3/c1-16-8-9-17(25(5,6)28-22(31)33-13-12-26)14-18(16)19-10-11-20-21(27-19)29(7)23(32)30(20)15-24(2,3)4/h8-11,14H,12-13,15H2,1-7H3,(H,28,31). The average Bonchev–Trinajstić information content (AvgIpc) is 2.95. The van der Waals surface area contributed by atoms with Crippen LogP contribution >= 0.6 is 0 Å². The third-order valence-electron chi connectivity index (χ3n) is 5.57. The molecule has 8 heteroatoms. The summed E-state index contributed by atoms with van der Waals surface area (Å²) in [4.78, 5) is 29.7. The monoisotopic (exact) mass is 456 g/mol. The molecule has 178 valence electrons. The molecule has 3 rings (SSSR count). The number of imidazole rings is 1. The lowest BCUT2D eigenvalue weighted by molar-refractivity contribution is 0.128. The van der Waals surface area contributed by atoms with E-state index in [0.29, 0.717) is 12.2 Å². The highest BCUT2D eigenvalue weighted by Crippen LogP contribution is 2.30. The van der Waals surface area contributed by atoms with Crippen LogP contribution in [0.1, 0.15) is 45.7 Å². The maximum absolute atomic E-state index is 12.9. The average molecular weight is 457 g/mol. The fourth-order valence-corrected chi connectivity index (χ4v) is 3.83. The Kier molecular flexibility index (Phi) is 6.68. The highest BCUT2D eigenvalue weighted by molar-refractivity contribution is 5.77. The number of nitrogens with one attached hydrogen (secondary N) is 1. The zero-order valence-electron chi connectivity index (χ0n) is 20.5. The lowest BCUT2D eigenvalue weighted by Crippen LogP contribution is -2.41. The van der Waals surface area contributed by atoms with Crippen molar-refractivity contribution in [1.29, 1.82) is 0 Å². The van der Waals surface area contributed by atoms with Crippen molar-refractivity contribution in [3.63, 3.8) is 0 Å². The minimum absolute atomic E-state index is 0.0500. The summed E-state index contributed by atoms with van der Waals surface area (Å²) in [5, 5.41) is 2.78. The molecule has 0 atom stereocenters. The molecular weight excluding hydrogens is 423 g/mol. The first-order chi connectivity index (χ1) is 15.3. The third kappa shape index (κ3) is 5.26. The van der Waals surface area contributed by atoms with Crippen LogP contribution in [0.15, 0.2) is 35.1 Å². The molecule has 2 heterocycles.